The second-order valence-corrected chi connectivity index (χ2v) is 3.84. The smallest absolute Gasteiger partial charge is 0.128 e. The van der Waals surface area contributed by atoms with Crippen LogP contribution in [0.15, 0.2) is 18.2 Å². The van der Waals surface area contributed by atoms with E-state index >= 15 is 0 Å². The molecule has 1 aromatic carbocycles. The number of nitrogens with zero attached hydrogens (tertiary/aromatic N) is 1. The molecule has 0 radical (unpaired) electrons. The van der Waals surface area contributed by atoms with Gasteiger partial charge in [-0.05, 0) is 38.1 Å². The lowest BCUT2D eigenvalue weighted by atomic mass is 10.1. The highest BCUT2D eigenvalue weighted by atomic mass is 19.1. The molecule has 0 saturated carbocycles. The molecule has 0 spiro atoms. The summed E-state index contributed by atoms with van der Waals surface area (Å²) in [5.74, 6) is -0.150. The van der Waals surface area contributed by atoms with Crippen molar-refractivity contribution in [3.63, 3.8) is 0 Å². The lowest BCUT2D eigenvalue weighted by Gasteiger charge is -2.05. The van der Waals surface area contributed by atoms with Crippen molar-refractivity contribution in [1.82, 2.24) is 4.57 Å². The molecule has 0 atom stereocenters. The summed E-state index contributed by atoms with van der Waals surface area (Å²) >= 11 is 0. The van der Waals surface area contributed by atoms with Crippen LogP contribution in [0.25, 0.3) is 10.9 Å². The first-order chi connectivity index (χ1) is 7.15. The maximum Gasteiger partial charge on any atom is 0.128 e. The Morgan fingerprint density at radius 1 is 1.40 bits per heavy atom. The first-order valence-electron chi connectivity index (χ1n) is 5.08. The topological polar surface area (TPSA) is 30.9 Å². The molecule has 2 nitrogen and oxygen atoms in total. The Kier molecular flexibility index (Phi) is 2.49. The zero-order valence-electron chi connectivity index (χ0n) is 9.05. The van der Waals surface area contributed by atoms with E-state index in [9.17, 15) is 4.39 Å². The molecule has 15 heavy (non-hydrogen) atoms. The van der Waals surface area contributed by atoms with E-state index in [-0.39, 0.29) is 5.82 Å². The molecule has 0 aliphatic heterocycles. The molecule has 2 N–H and O–H groups in total. The fourth-order valence-corrected chi connectivity index (χ4v) is 2.07. The summed E-state index contributed by atoms with van der Waals surface area (Å²) in [6.07, 6.45) is 0.826. The first-order valence-corrected chi connectivity index (χ1v) is 5.08. The van der Waals surface area contributed by atoms with Gasteiger partial charge >= 0.3 is 0 Å². The van der Waals surface area contributed by atoms with E-state index in [0.717, 1.165) is 23.0 Å². The van der Waals surface area contributed by atoms with Gasteiger partial charge in [0.2, 0.25) is 0 Å². The number of rotatable bonds is 2. The van der Waals surface area contributed by atoms with Crippen LogP contribution in [0.4, 0.5) is 4.39 Å². The normalized spacial score (nSPS) is 11.2. The molecule has 2 aromatic rings. The predicted molar refractivity (Wildman–Crippen MR) is 60.4 cm³/mol. The van der Waals surface area contributed by atoms with Crippen molar-refractivity contribution in [2.45, 2.75) is 13.3 Å². The number of hydrogen-bond donors (Lipinski definition) is 1. The summed E-state index contributed by atoms with van der Waals surface area (Å²) in [4.78, 5) is 0. The predicted octanol–water partition coefficient (Wildman–Crippen LogP) is 2.13. The average molecular weight is 206 g/mol. The number of aryl methyl sites for hydroxylation is 2. The third kappa shape index (κ3) is 1.53. The Hall–Kier alpha value is -1.35. The molecule has 1 heterocycles. The molecular formula is C12H15FN2. The minimum Gasteiger partial charge on any atom is -0.347 e. The van der Waals surface area contributed by atoms with Crippen LogP contribution in [0.5, 0.6) is 0 Å². The summed E-state index contributed by atoms with van der Waals surface area (Å²) in [6, 6.07) is 5.41. The average Bonchev–Trinajstić information content (AvgIpc) is 2.52. The van der Waals surface area contributed by atoms with Crippen molar-refractivity contribution < 1.29 is 4.39 Å². The summed E-state index contributed by atoms with van der Waals surface area (Å²) in [6.45, 7) is 2.43. The van der Waals surface area contributed by atoms with E-state index in [1.807, 2.05) is 24.6 Å². The van der Waals surface area contributed by atoms with Crippen molar-refractivity contribution in [2.75, 3.05) is 6.54 Å². The van der Waals surface area contributed by atoms with Crippen LogP contribution in [0.2, 0.25) is 0 Å². The van der Waals surface area contributed by atoms with Crippen molar-refractivity contribution in [2.24, 2.45) is 12.8 Å². The Balaban J connectivity index is 2.72. The van der Waals surface area contributed by atoms with Gasteiger partial charge in [-0.1, -0.05) is 0 Å². The second kappa shape index (κ2) is 3.66. The van der Waals surface area contributed by atoms with Crippen molar-refractivity contribution in [1.29, 1.82) is 0 Å². The molecule has 0 saturated heterocycles. The molecule has 0 unspecified atom stereocenters. The monoisotopic (exact) mass is 206 g/mol. The van der Waals surface area contributed by atoms with Gasteiger partial charge in [0, 0.05) is 23.7 Å². The number of benzene rings is 1. The zero-order valence-corrected chi connectivity index (χ0v) is 9.05. The van der Waals surface area contributed by atoms with Gasteiger partial charge in [-0.3, -0.25) is 0 Å². The van der Waals surface area contributed by atoms with Crippen LogP contribution in [-0.2, 0) is 13.5 Å². The SMILES string of the molecule is Cc1c(F)ccc2cc(CCN)n(C)c12. The van der Waals surface area contributed by atoms with Crippen LogP contribution in [0.3, 0.4) is 0 Å². The Bertz CT molecular complexity index is 500. The number of aromatic nitrogens is 1. The second-order valence-electron chi connectivity index (χ2n) is 3.84. The Labute approximate surface area is 88.5 Å². The maximum absolute atomic E-state index is 13.4. The quantitative estimate of drug-likeness (QED) is 0.801. The van der Waals surface area contributed by atoms with E-state index in [1.54, 1.807) is 0 Å². The number of halogens is 1. The van der Waals surface area contributed by atoms with Gasteiger partial charge in [0.1, 0.15) is 5.82 Å². The molecule has 0 fully saturated rings. The Morgan fingerprint density at radius 3 is 2.80 bits per heavy atom. The zero-order chi connectivity index (χ0) is 11.0. The summed E-state index contributed by atoms with van der Waals surface area (Å²) in [5, 5.41) is 1.08. The summed E-state index contributed by atoms with van der Waals surface area (Å²) in [7, 11) is 1.96. The Morgan fingerprint density at radius 2 is 2.13 bits per heavy atom. The van der Waals surface area contributed by atoms with Crippen molar-refractivity contribution in [3.05, 3.63) is 35.3 Å². The number of hydrogen-bond acceptors (Lipinski definition) is 1. The number of nitrogens with two attached hydrogens (primary N) is 1. The van der Waals surface area contributed by atoms with Gasteiger partial charge in [0.25, 0.3) is 0 Å². The third-order valence-electron chi connectivity index (χ3n) is 2.88. The minimum atomic E-state index is -0.150. The molecule has 0 bridgehead atoms. The molecule has 1 aromatic heterocycles. The molecule has 0 amide bonds. The highest BCUT2D eigenvalue weighted by Crippen LogP contribution is 2.24. The standard InChI is InChI=1S/C12H15FN2/c1-8-11(13)4-3-9-7-10(5-6-14)15(2)12(8)9/h3-4,7H,5-6,14H2,1-2H3. The maximum atomic E-state index is 13.4. The fourth-order valence-electron chi connectivity index (χ4n) is 2.07. The van der Waals surface area contributed by atoms with Gasteiger partial charge in [-0.2, -0.15) is 0 Å². The molecule has 0 aliphatic rings. The first kappa shape index (κ1) is 10.2. The van der Waals surface area contributed by atoms with E-state index < -0.39 is 0 Å². The molecule has 3 heteroatoms. The van der Waals surface area contributed by atoms with Gasteiger partial charge in [-0.25, -0.2) is 4.39 Å². The van der Waals surface area contributed by atoms with Gasteiger partial charge in [0.15, 0.2) is 0 Å². The molecule has 0 aliphatic carbocycles. The highest BCUT2D eigenvalue weighted by molar-refractivity contribution is 5.84. The lowest BCUT2D eigenvalue weighted by Crippen LogP contribution is -2.06. The molecule has 2 rings (SSSR count). The van der Waals surface area contributed by atoms with E-state index in [4.69, 9.17) is 5.73 Å². The highest BCUT2D eigenvalue weighted by Gasteiger charge is 2.09. The van der Waals surface area contributed by atoms with Crippen molar-refractivity contribution in [3.8, 4) is 0 Å². The van der Waals surface area contributed by atoms with Crippen LogP contribution >= 0.6 is 0 Å². The van der Waals surface area contributed by atoms with Crippen LogP contribution in [-0.4, -0.2) is 11.1 Å². The van der Waals surface area contributed by atoms with Crippen LogP contribution < -0.4 is 5.73 Å². The van der Waals surface area contributed by atoms with Gasteiger partial charge in [-0.15, -0.1) is 0 Å². The van der Waals surface area contributed by atoms with E-state index in [2.05, 4.69) is 6.07 Å². The van der Waals surface area contributed by atoms with Crippen LogP contribution in [0.1, 0.15) is 11.3 Å². The molecular weight excluding hydrogens is 191 g/mol. The van der Waals surface area contributed by atoms with E-state index in [1.165, 1.54) is 6.07 Å². The largest absolute Gasteiger partial charge is 0.347 e. The van der Waals surface area contributed by atoms with Crippen molar-refractivity contribution >= 4 is 10.9 Å². The molecule has 80 valence electrons. The fraction of sp³-hybridized carbons (Fsp3) is 0.333. The van der Waals surface area contributed by atoms with Gasteiger partial charge in [0.05, 0.1) is 5.52 Å². The lowest BCUT2D eigenvalue weighted by molar-refractivity contribution is 0.619. The minimum absolute atomic E-state index is 0.150. The summed E-state index contributed by atoms with van der Waals surface area (Å²) < 4.78 is 15.4. The third-order valence-corrected chi connectivity index (χ3v) is 2.88. The van der Waals surface area contributed by atoms with Gasteiger partial charge < -0.3 is 10.3 Å². The number of fused-ring (bicyclic) bond motifs is 1. The summed E-state index contributed by atoms with van der Waals surface area (Å²) in [5.41, 5.74) is 8.36. The van der Waals surface area contributed by atoms with Crippen LogP contribution in [0, 0.1) is 12.7 Å². The van der Waals surface area contributed by atoms with E-state index in [0.29, 0.717) is 12.1 Å².